The fourth-order valence-electron chi connectivity index (χ4n) is 2.28. The van der Waals surface area contributed by atoms with Crippen molar-refractivity contribution in [2.24, 2.45) is 0 Å². The molecule has 3 rings (SSSR count). The summed E-state index contributed by atoms with van der Waals surface area (Å²) < 4.78 is 5.07. The van der Waals surface area contributed by atoms with Crippen molar-refractivity contribution in [3.8, 4) is 5.75 Å². The van der Waals surface area contributed by atoms with Crippen LogP contribution >= 0.6 is 12.2 Å². The van der Waals surface area contributed by atoms with E-state index in [4.69, 9.17) is 17.0 Å². The molecule has 6 heteroatoms. The number of rotatable bonds is 3. The maximum atomic E-state index is 12.2. The maximum Gasteiger partial charge on any atom is 0.257 e. The molecule has 0 spiro atoms. The first kappa shape index (κ1) is 15.9. The van der Waals surface area contributed by atoms with E-state index in [-0.39, 0.29) is 11.0 Å². The highest BCUT2D eigenvalue weighted by Gasteiger charge is 2.09. The van der Waals surface area contributed by atoms with Gasteiger partial charge in [0.25, 0.3) is 5.91 Å². The fourth-order valence-corrected chi connectivity index (χ4v) is 2.48. The number of nitrogens with one attached hydrogen (secondary N) is 2. The standard InChI is InChI=1S/C18H15N3O2S/c1-23-14-9-7-13(8-10-14)17(22)21-18(24)20-15-6-2-4-12-5-3-11-19-16(12)15/h2-11H,1H3,(H2,20,21,22,24). The molecule has 0 aliphatic carbocycles. The summed E-state index contributed by atoms with van der Waals surface area (Å²) in [6.07, 6.45) is 1.71. The van der Waals surface area contributed by atoms with Crippen molar-refractivity contribution in [2.45, 2.75) is 0 Å². The summed E-state index contributed by atoms with van der Waals surface area (Å²) in [4.78, 5) is 16.6. The molecule has 0 saturated carbocycles. The summed E-state index contributed by atoms with van der Waals surface area (Å²) in [6.45, 7) is 0. The molecule has 5 nitrogen and oxygen atoms in total. The first-order valence-electron chi connectivity index (χ1n) is 7.27. The van der Waals surface area contributed by atoms with E-state index in [1.807, 2.05) is 30.3 Å². The third kappa shape index (κ3) is 3.49. The quantitative estimate of drug-likeness (QED) is 0.718. The van der Waals surface area contributed by atoms with Gasteiger partial charge in [0.05, 0.1) is 18.3 Å². The number of aromatic nitrogens is 1. The van der Waals surface area contributed by atoms with Crippen LogP contribution in [-0.4, -0.2) is 23.1 Å². The maximum absolute atomic E-state index is 12.2. The van der Waals surface area contributed by atoms with Gasteiger partial charge in [-0.05, 0) is 48.6 Å². The molecule has 1 heterocycles. The molecule has 3 aromatic rings. The zero-order valence-corrected chi connectivity index (χ0v) is 13.8. The molecule has 0 aliphatic rings. The number of carbonyl (C=O) groups excluding carboxylic acids is 1. The van der Waals surface area contributed by atoms with Crippen LogP contribution in [-0.2, 0) is 0 Å². The van der Waals surface area contributed by atoms with Crippen molar-refractivity contribution in [2.75, 3.05) is 12.4 Å². The van der Waals surface area contributed by atoms with E-state index in [1.54, 1.807) is 37.6 Å². The zero-order valence-electron chi connectivity index (χ0n) is 12.9. The molecule has 0 saturated heterocycles. The normalized spacial score (nSPS) is 10.2. The summed E-state index contributed by atoms with van der Waals surface area (Å²) in [6, 6.07) is 16.4. The number of ether oxygens (including phenoxy) is 1. The van der Waals surface area contributed by atoms with Gasteiger partial charge >= 0.3 is 0 Å². The third-order valence-corrected chi connectivity index (χ3v) is 3.66. The van der Waals surface area contributed by atoms with Crippen LogP contribution in [0.5, 0.6) is 5.75 Å². The molecule has 24 heavy (non-hydrogen) atoms. The Hall–Kier alpha value is -2.99. The molecule has 1 aromatic heterocycles. The van der Waals surface area contributed by atoms with Crippen LogP contribution in [0.15, 0.2) is 60.8 Å². The molecule has 0 aliphatic heterocycles. The van der Waals surface area contributed by atoms with E-state index in [0.29, 0.717) is 11.3 Å². The number of hydrogen-bond donors (Lipinski definition) is 2. The summed E-state index contributed by atoms with van der Waals surface area (Å²) in [5.74, 6) is 0.400. The number of thiocarbonyl (C=S) groups is 1. The SMILES string of the molecule is COc1ccc(C(=O)NC(=S)Nc2cccc3cccnc23)cc1. The molecule has 0 bridgehead atoms. The Labute approximate surface area is 144 Å². The summed E-state index contributed by atoms with van der Waals surface area (Å²) in [7, 11) is 1.58. The Morgan fingerprint density at radius 3 is 2.58 bits per heavy atom. The lowest BCUT2D eigenvalue weighted by molar-refractivity contribution is 0.0977. The Bertz CT molecular complexity index is 889. The Balaban J connectivity index is 1.71. The van der Waals surface area contributed by atoms with Gasteiger partial charge in [-0.1, -0.05) is 18.2 Å². The Morgan fingerprint density at radius 1 is 1.08 bits per heavy atom. The van der Waals surface area contributed by atoms with Gasteiger partial charge in [-0.15, -0.1) is 0 Å². The highest BCUT2D eigenvalue weighted by molar-refractivity contribution is 7.80. The predicted molar refractivity (Wildman–Crippen MR) is 98.4 cm³/mol. The highest BCUT2D eigenvalue weighted by atomic mass is 32.1. The van der Waals surface area contributed by atoms with Crippen molar-refractivity contribution in [1.29, 1.82) is 0 Å². The van der Waals surface area contributed by atoms with Gasteiger partial charge in [0.2, 0.25) is 0 Å². The topological polar surface area (TPSA) is 63.2 Å². The summed E-state index contributed by atoms with van der Waals surface area (Å²) in [5.41, 5.74) is 2.03. The number of carbonyl (C=O) groups is 1. The first-order chi connectivity index (χ1) is 11.7. The van der Waals surface area contributed by atoms with Gasteiger partial charge in [-0.3, -0.25) is 15.1 Å². The number of fused-ring (bicyclic) bond motifs is 1. The second-order valence-electron chi connectivity index (χ2n) is 5.02. The minimum atomic E-state index is -0.289. The van der Waals surface area contributed by atoms with Crippen molar-refractivity contribution < 1.29 is 9.53 Å². The minimum absolute atomic E-state index is 0.217. The van der Waals surface area contributed by atoms with E-state index < -0.39 is 0 Å². The van der Waals surface area contributed by atoms with E-state index in [9.17, 15) is 4.79 Å². The first-order valence-corrected chi connectivity index (χ1v) is 7.68. The molecule has 0 fully saturated rings. The Morgan fingerprint density at radius 2 is 1.83 bits per heavy atom. The van der Waals surface area contributed by atoms with Crippen LogP contribution in [0.1, 0.15) is 10.4 Å². The van der Waals surface area contributed by atoms with Gasteiger partial charge in [-0.2, -0.15) is 0 Å². The van der Waals surface area contributed by atoms with E-state index in [0.717, 1.165) is 16.6 Å². The van der Waals surface area contributed by atoms with Gasteiger partial charge in [0.15, 0.2) is 5.11 Å². The minimum Gasteiger partial charge on any atom is -0.497 e. The van der Waals surface area contributed by atoms with Gasteiger partial charge in [0.1, 0.15) is 5.75 Å². The van der Waals surface area contributed by atoms with Crippen molar-refractivity contribution >= 4 is 39.8 Å². The van der Waals surface area contributed by atoms with Crippen LogP contribution in [0.25, 0.3) is 10.9 Å². The summed E-state index contributed by atoms with van der Waals surface area (Å²) in [5, 5.41) is 6.89. The number of pyridine rings is 1. The summed E-state index contributed by atoms with van der Waals surface area (Å²) >= 11 is 5.23. The van der Waals surface area contributed by atoms with Crippen molar-refractivity contribution in [1.82, 2.24) is 10.3 Å². The average Bonchev–Trinajstić information content (AvgIpc) is 2.62. The largest absolute Gasteiger partial charge is 0.497 e. The predicted octanol–water partition coefficient (Wildman–Crippen LogP) is 3.37. The molecular formula is C18H15N3O2S. The number of methoxy groups -OCH3 is 1. The fraction of sp³-hybridized carbons (Fsp3) is 0.0556. The second-order valence-corrected chi connectivity index (χ2v) is 5.43. The van der Waals surface area contributed by atoms with Gasteiger partial charge in [0, 0.05) is 17.1 Å². The molecule has 1 amide bonds. The van der Waals surface area contributed by atoms with E-state index in [1.165, 1.54) is 0 Å². The monoisotopic (exact) mass is 337 g/mol. The molecule has 0 unspecified atom stereocenters. The van der Waals surface area contributed by atoms with Gasteiger partial charge in [-0.25, -0.2) is 0 Å². The molecule has 2 N–H and O–H groups in total. The number of anilines is 1. The molecule has 120 valence electrons. The highest BCUT2D eigenvalue weighted by Crippen LogP contribution is 2.20. The molecule has 0 radical (unpaired) electrons. The van der Waals surface area contributed by atoms with E-state index >= 15 is 0 Å². The van der Waals surface area contributed by atoms with Gasteiger partial charge < -0.3 is 10.1 Å². The van der Waals surface area contributed by atoms with Crippen molar-refractivity contribution in [3.63, 3.8) is 0 Å². The van der Waals surface area contributed by atoms with E-state index in [2.05, 4.69) is 15.6 Å². The third-order valence-electron chi connectivity index (χ3n) is 3.46. The number of para-hydroxylation sites is 1. The molecule has 0 atom stereocenters. The zero-order chi connectivity index (χ0) is 16.9. The number of benzene rings is 2. The van der Waals surface area contributed by atoms with Crippen LogP contribution in [0.3, 0.4) is 0 Å². The Kier molecular flexibility index (Phi) is 4.67. The molecule has 2 aromatic carbocycles. The lowest BCUT2D eigenvalue weighted by Crippen LogP contribution is -2.34. The van der Waals surface area contributed by atoms with Crippen LogP contribution in [0, 0.1) is 0 Å². The lowest BCUT2D eigenvalue weighted by Gasteiger charge is -2.11. The second kappa shape index (κ2) is 7.06. The molecular weight excluding hydrogens is 322 g/mol. The van der Waals surface area contributed by atoms with Crippen LogP contribution < -0.4 is 15.4 Å². The number of nitrogens with zero attached hydrogens (tertiary/aromatic N) is 1. The van der Waals surface area contributed by atoms with Crippen LogP contribution in [0.4, 0.5) is 5.69 Å². The lowest BCUT2D eigenvalue weighted by atomic mass is 10.2. The van der Waals surface area contributed by atoms with Crippen LogP contribution in [0.2, 0.25) is 0 Å². The average molecular weight is 337 g/mol. The number of amides is 1. The smallest absolute Gasteiger partial charge is 0.257 e. The van der Waals surface area contributed by atoms with Crippen molar-refractivity contribution in [3.05, 3.63) is 66.4 Å². The number of hydrogen-bond acceptors (Lipinski definition) is 4.